The van der Waals surface area contributed by atoms with Gasteiger partial charge in [0.2, 0.25) is 5.89 Å². The second-order valence-corrected chi connectivity index (χ2v) is 3.30. The van der Waals surface area contributed by atoms with Gasteiger partial charge in [-0.3, -0.25) is 0 Å². The Hall–Kier alpha value is -1.55. The Kier molecular flexibility index (Phi) is 2.87. The first-order valence-corrected chi connectivity index (χ1v) is 4.76. The van der Waals surface area contributed by atoms with Crippen LogP contribution in [0.4, 0.5) is 0 Å². The first kappa shape index (κ1) is 9.98. The van der Waals surface area contributed by atoms with Gasteiger partial charge in [0.05, 0.1) is 13.5 Å². The summed E-state index contributed by atoms with van der Waals surface area (Å²) >= 11 is 5.51. The standard InChI is InChI=1S/C10H9ClN2O2/c1-14-8-4-2-7(3-5-8)6-9-12-13-10(11)15-9/h2-5H,6H2,1H3. The number of ether oxygens (including phenoxy) is 1. The van der Waals surface area contributed by atoms with Crippen LogP contribution in [0, 0.1) is 0 Å². The van der Waals surface area contributed by atoms with E-state index in [1.807, 2.05) is 24.3 Å². The Bertz CT molecular complexity index is 439. The smallest absolute Gasteiger partial charge is 0.312 e. The van der Waals surface area contributed by atoms with Gasteiger partial charge in [0.25, 0.3) is 0 Å². The van der Waals surface area contributed by atoms with Crippen molar-refractivity contribution in [2.24, 2.45) is 0 Å². The maximum Gasteiger partial charge on any atom is 0.312 e. The molecule has 0 radical (unpaired) electrons. The Morgan fingerprint density at radius 1 is 1.27 bits per heavy atom. The van der Waals surface area contributed by atoms with E-state index >= 15 is 0 Å². The minimum absolute atomic E-state index is 0.0681. The van der Waals surface area contributed by atoms with Crippen molar-refractivity contribution < 1.29 is 9.15 Å². The predicted octanol–water partition coefficient (Wildman–Crippen LogP) is 2.32. The molecule has 0 atom stereocenters. The number of methoxy groups -OCH3 is 1. The zero-order valence-corrected chi connectivity index (χ0v) is 8.86. The van der Waals surface area contributed by atoms with Crippen molar-refractivity contribution in [1.29, 1.82) is 0 Å². The minimum atomic E-state index is 0.0681. The molecule has 0 unspecified atom stereocenters. The Morgan fingerprint density at radius 3 is 2.53 bits per heavy atom. The Labute approximate surface area is 91.8 Å². The fourth-order valence-electron chi connectivity index (χ4n) is 1.22. The minimum Gasteiger partial charge on any atom is -0.497 e. The van der Waals surface area contributed by atoms with Gasteiger partial charge in [-0.2, -0.15) is 0 Å². The zero-order valence-electron chi connectivity index (χ0n) is 8.11. The predicted molar refractivity (Wildman–Crippen MR) is 55.1 cm³/mol. The van der Waals surface area contributed by atoms with E-state index in [1.54, 1.807) is 7.11 Å². The molecule has 1 heterocycles. The summed E-state index contributed by atoms with van der Waals surface area (Å²) in [5.41, 5.74) is 1.07. The van der Waals surface area contributed by atoms with Crippen molar-refractivity contribution in [3.8, 4) is 5.75 Å². The molecule has 0 spiro atoms. The van der Waals surface area contributed by atoms with Crippen LogP contribution < -0.4 is 4.74 Å². The number of hydrogen-bond donors (Lipinski definition) is 0. The molecule has 0 saturated carbocycles. The highest BCUT2D eigenvalue weighted by Gasteiger charge is 2.04. The molecule has 5 heteroatoms. The summed E-state index contributed by atoms with van der Waals surface area (Å²) in [6, 6.07) is 7.65. The first-order chi connectivity index (χ1) is 7.28. The molecule has 15 heavy (non-hydrogen) atoms. The third-order valence-electron chi connectivity index (χ3n) is 1.96. The van der Waals surface area contributed by atoms with E-state index in [1.165, 1.54) is 0 Å². The quantitative estimate of drug-likeness (QED) is 0.803. The SMILES string of the molecule is COc1ccc(Cc2nnc(Cl)o2)cc1. The van der Waals surface area contributed by atoms with Gasteiger partial charge in [0, 0.05) is 0 Å². The fourth-order valence-corrected chi connectivity index (χ4v) is 1.35. The maximum absolute atomic E-state index is 5.51. The summed E-state index contributed by atoms with van der Waals surface area (Å²) in [7, 11) is 1.63. The van der Waals surface area contributed by atoms with E-state index in [0.717, 1.165) is 11.3 Å². The molecule has 0 aliphatic rings. The lowest BCUT2D eigenvalue weighted by Crippen LogP contribution is -1.89. The molecule has 1 aromatic carbocycles. The van der Waals surface area contributed by atoms with Gasteiger partial charge in [-0.15, -0.1) is 5.10 Å². The molecule has 0 fully saturated rings. The average Bonchev–Trinajstić information content (AvgIpc) is 2.65. The molecule has 2 aromatic rings. The average molecular weight is 225 g/mol. The Morgan fingerprint density at radius 2 is 2.00 bits per heavy atom. The monoisotopic (exact) mass is 224 g/mol. The van der Waals surface area contributed by atoms with Crippen molar-refractivity contribution in [2.75, 3.05) is 7.11 Å². The van der Waals surface area contributed by atoms with Crippen molar-refractivity contribution in [3.63, 3.8) is 0 Å². The molecular weight excluding hydrogens is 216 g/mol. The third-order valence-corrected chi connectivity index (χ3v) is 2.11. The molecule has 0 bridgehead atoms. The highest BCUT2D eigenvalue weighted by atomic mass is 35.5. The van der Waals surface area contributed by atoms with E-state index in [-0.39, 0.29) is 5.35 Å². The molecule has 0 aliphatic carbocycles. The summed E-state index contributed by atoms with van der Waals surface area (Å²) in [5, 5.41) is 7.41. The third kappa shape index (κ3) is 2.47. The molecule has 0 amide bonds. The van der Waals surface area contributed by atoms with E-state index in [2.05, 4.69) is 10.2 Å². The van der Waals surface area contributed by atoms with Crippen LogP contribution in [0.25, 0.3) is 0 Å². The lowest BCUT2D eigenvalue weighted by atomic mass is 10.1. The van der Waals surface area contributed by atoms with Gasteiger partial charge < -0.3 is 9.15 Å². The van der Waals surface area contributed by atoms with Crippen LogP contribution in [-0.4, -0.2) is 17.3 Å². The molecule has 4 nitrogen and oxygen atoms in total. The highest BCUT2D eigenvalue weighted by Crippen LogP contribution is 2.15. The molecule has 1 aromatic heterocycles. The molecular formula is C10H9ClN2O2. The van der Waals surface area contributed by atoms with Crippen LogP contribution in [0.5, 0.6) is 5.75 Å². The van der Waals surface area contributed by atoms with Crippen LogP contribution in [0.3, 0.4) is 0 Å². The molecule has 0 aliphatic heterocycles. The van der Waals surface area contributed by atoms with Crippen LogP contribution in [0.1, 0.15) is 11.5 Å². The van der Waals surface area contributed by atoms with Crippen LogP contribution in [0.15, 0.2) is 28.7 Å². The first-order valence-electron chi connectivity index (χ1n) is 4.39. The second-order valence-electron chi connectivity index (χ2n) is 2.97. The largest absolute Gasteiger partial charge is 0.497 e. The number of hydrogen-bond acceptors (Lipinski definition) is 4. The summed E-state index contributed by atoms with van der Waals surface area (Å²) in [6.07, 6.45) is 0.573. The summed E-state index contributed by atoms with van der Waals surface area (Å²) in [4.78, 5) is 0. The zero-order chi connectivity index (χ0) is 10.7. The maximum atomic E-state index is 5.51. The fraction of sp³-hybridized carbons (Fsp3) is 0.200. The van der Waals surface area contributed by atoms with E-state index < -0.39 is 0 Å². The second kappa shape index (κ2) is 4.31. The van der Waals surface area contributed by atoms with Gasteiger partial charge in [-0.1, -0.05) is 17.2 Å². The molecule has 0 N–H and O–H groups in total. The Balaban J connectivity index is 2.11. The number of aromatic nitrogens is 2. The lowest BCUT2D eigenvalue weighted by Gasteiger charge is -2.00. The van der Waals surface area contributed by atoms with Crippen molar-refractivity contribution in [1.82, 2.24) is 10.2 Å². The van der Waals surface area contributed by atoms with Crippen LogP contribution in [-0.2, 0) is 6.42 Å². The van der Waals surface area contributed by atoms with E-state index in [4.69, 9.17) is 20.8 Å². The van der Waals surface area contributed by atoms with Gasteiger partial charge in [-0.05, 0) is 29.3 Å². The lowest BCUT2D eigenvalue weighted by molar-refractivity contribution is 0.414. The van der Waals surface area contributed by atoms with Crippen molar-refractivity contribution in [3.05, 3.63) is 41.1 Å². The van der Waals surface area contributed by atoms with Crippen LogP contribution >= 0.6 is 11.6 Å². The molecule has 2 rings (SSSR count). The van der Waals surface area contributed by atoms with E-state index in [9.17, 15) is 0 Å². The summed E-state index contributed by atoms with van der Waals surface area (Å²) < 4.78 is 10.1. The summed E-state index contributed by atoms with van der Waals surface area (Å²) in [5.74, 6) is 1.33. The number of nitrogens with zero attached hydrogens (tertiary/aromatic N) is 2. The number of halogens is 1. The van der Waals surface area contributed by atoms with Gasteiger partial charge >= 0.3 is 5.35 Å². The highest BCUT2D eigenvalue weighted by molar-refractivity contribution is 6.27. The molecule has 0 saturated heterocycles. The molecule has 78 valence electrons. The van der Waals surface area contributed by atoms with Gasteiger partial charge in [0.1, 0.15) is 5.75 Å². The van der Waals surface area contributed by atoms with Crippen molar-refractivity contribution in [2.45, 2.75) is 6.42 Å². The number of rotatable bonds is 3. The van der Waals surface area contributed by atoms with Gasteiger partial charge in [0.15, 0.2) is 0 Å². The number of benzene rings is 1. The van der Waals surface area contributed by atoms with E-state index in [0.29, 0.717) is 12.3 Å². The van der Waals surface area contributed by atoms with Crippen LogP contribution in [0.2, 0.25) is 5.35 Å². The topological polar surface area (TPSA) is 48.2 Å². The summed E-state index contributed by atoms with van der Waals surface area (Å²) in [6.45, 7) is 0. The van der Waals surface area contributed by atoms with Crippen molar-refractivity contribution >= 4 is 11.6 Å². The van der Waals surface area contributed by atoms with Gasteiger partial charge in [-0.25, -0.2) is 0 Å². The normalized spacial score (nSPS) is 10.3.